The third-order valence-electron chi connectivity index (χ3n) is 2.39. The van der Waals surface area contributed by atoms with E-state index in [-0.39, 0.29) is 16.9 Å². The van der Waals surface area contributed by atoms with E-state index < -0.39 is 17.2 Å². The minimum Gasteiger partial charge on any atom is -0.311 e. The topological polar surface area (TPSA) is 76.5 Å². The van der Waals surface area contributed by atoms with E-state index in [0.717, 1.165) is 16.8 Å². The lowest BCUT2D eigenvalue weighted by molar-refractivity contribution is 0.507. The number of H-pyrrole nitrogens is 1. The van der Waals surface area contributed by atoms with Crippen molar-refractivity contribution in [2.24, 2.45) is 0 Å². The van der Waals surface area contributed by atoms with E-state index in [9.17, 15) is 13.6 Å². The quantitative estimate of drug-likeness (QED) is 0.691. The number of nitrogens with zero attached hydrogens (tertiary/aromatic N) is 4. The van der Waals surface area contributed by atoms with Gasteiger partial charge >= 0.3 is 0 Å². The van der Waals surface area contributed by atoms with Crippen LogP contribution in [0.2, 0.25) is 0 Å². The highest BCUT2D eigenvalue weighted by molar-refractivity contribution is 5.69. The highest BCUT2D eigenvalue weighted by Crippen LogP contribution is 2.14. The average molecular weight is 249 g/mol. The maximum atomic E-state index is 13.1. The van der Waals surface area contributed by atoms with Crippen LogP contribution in [-0.4, -0.2) is 25.0 Å². The number of benzene rings is 1. The number of nitrogens with one attached hydrogen (secondary N) is 1. The molecule has 0 radical (unpaired) electrons. The Bertz CT molecular complexity index is 794. The molecule has 0 spiro atoms. The monoisotopic (exact) mass is 249 g/mol. The average Bonchev–Trinajstić information content (AvgIpc) is 2.78. The number of hydrogen-bond donors (Lipinski definition) is 1. The van der Waals surface area contributed by atoms with Crippen LogP contribution in [0, 0.1) is 11.6 Å². The maximum absolute atomic E-state index is 13.1. The number of fused-ring (bicyclic) bond motifs is 1. The van der Waals surface area contributed by atoms with Gasteiger partial charge in [0.15, 0.2) is 22.8 Å². The minimum absolute atomic E-state index is 0.0298. The smallest absolute Gasteiger partial charge is 0.280 e. The fraction of sp³-hybridized carbons (Fsp3) is 0. The van der Waals surface area contributed by atoms with Gasteiger partial charge in [0.25, 0.3) is 5.56 Å². The van der Waals surface area contributed by atoms with Crippen LogP contribution in [0.4, 0.5) is 8.78 Å². The van der Waals surface area contributed by atoms with Gasteiger partial charge in [-0.15, -0.1) is 5.10 Å². The van der Waals surface area contributed by atoms with Gasteiger partial charge in [-0.1, -0.05) is 5.21 Å². The standard InChI is InChI=1S/C10H5F2N5O/c11-6-2-1-5(3-7(6)12)17-9-8(15-16-17)10(18)14-4-13-9/h1-4H,(H,13,14,18). The first kappa shape index (κ1) is 10.5. The summed E-state index contributed by atoms with van der Waals surface area (Å²) in [6, 6.07) is 3.23. The molecule has 3 aromatic rings. The lowest BCUT2D eigenvalue weighted by Crippen LogP contribution is -2.07. The van der Waals surface area contributed by atoms with Crippen molar-refractivity contribution >= 4 is 11.2 Å². The fourth-order valence-electron chi connectivity index (χ4n) is 1.55. The van der Waals surface area contributed by atoms with E-state index in [1.54, 1.807) is 0 Å². The Morgan fingerprint density at radius 1 is 1.22 bits per heavy atom. The summed E-state index contributed by atoms with van der Waals surface area (Å²) >= 11 is 0. The first-order chi connectivity index (χ1) is 8.66. The summed E-state index contributed by atoms with van der Waals surface area (Å²) in [5, 5.41) is 7.33. The molecule has 3 rings (SSSR count). The molecule has 0 aliphatic heterocycles. The van der Waals surface area contributed by atoms with Gasteiger partial charge in [-0.2, -0.15) is 4.68 Å². The van der Waals surface area contributed by atoms with Crippen molar-refractivity contribution in [1.29, 1.82) is 0 Å². The predicted molar refractivity (Wildman–Crippen MR) is 57.2 cm³/mol. The molecule has 2 aromatic heterocycles. The Kier molecular flexibility index (Phi) is 2.15. The van der Waals surface area contributed by atoms with Crippen molar-refractivity contribution in [3.8, 4) is 5.69 Å². The Hall–Kier alpha value is -2.64. The van der Waals surface area contributed by atoms with Gasteiger partial charge in [0.1, 0.15) is 0 Å². The number of aromatic nitrogens is 5. The van der Waals surface area contributed by atoms with E-state index in [4.69, 9.17) is 0 Å². The summed E-state index contributed by atoms with van der Waals surface area (Å²) in [6.07, 6.45) is 1.18. The summed E-state index contributed by atoms with van der Waals surface area (Å²) in [7, 11) is 0. The van der Waals surface area contributed by atoms with Gasteiger partial charge in [-0.25, -0.2) is 13.8 Å². The van der Waals surface area contributed by atoms with Gasteiger partial charge in [-0.3, -0.25) is 4.79 Å². The van der Waals surface area contributed by atoms with Crippen molar-refractivity contribution in [1.82, 2.24) is 25.0 Å². The van der Waals surface area contributed by atoms with E-state index in [0.29, 0.717) is 0 Å². The van der Waals surface area contributed by atoms with Crippen molar-refractivity contribution in [3.63, 3.8) is 0 Å². The second kappa shape index (κ2) is 3.69. The second-order valence-electron chi connectivity index (χ2n) is 3.50. The SMILES string of the molecule is O=c1[nH]cnc2c1nnn2-c1ccc(F)c(F)c1. The molecule has 0 atom stereocenters. The predicted octanol–water partition coefficient (Wildman–Crippen LogP) is 0.782. The normalized spacial score (nSPS) is 11.0. The third kappa shape index (κ3) is 1.46. The Balaban J connectivity index is 2.29. The molecule has 0 amide bonds. The Morgan fingerprint density at radius 3 is 2.83 bits per heavy atom. The number of hydrogen-bond acceptors (Lipinski definition) is 4. The highest BCUT2D eigenvalue weighted by atomic mass is 19.2. The van der Waals surface area contributed by atoms with Crippen LogP contribution in [0.15, 0.2) is 29.3 Å². The molecule has 0 aliphatic carbocycles. The van der Waals surface area contributed by atoms with Crippen molar-refractivity contribution in [3.05, 3.63) is 46.5 Å². The Labute approximate surface area is 97.9 Å². The van der Waals surface area contributed by atoms with E-state index in [2.05, 4.69) is 20.3 Å². The van der Waals surface area contributed by atoms with Crippen LogP contribution in [0.3, 0.4) is 0 Å². The van der Waals surface area contributed by atoms with Gasteiger partial charge in [0.2, 0.25) is 0 Å². The molecule has 0 aliphatic rings. The number of halogens is 2. The molecule has 18 heavy (non-hydrogen) atoms. The van der Waals surface area contributed by atoms with Crippen LogP contribution >= 0.6 is 0 Å². The molecular formula is C10H5F2N5O. The maximum Gasteiger partial charge on any atom is 0.280 e. The van der Waals surface area contributed by atoms with Gasteiger partial charge in [0.05, 0.1) is 12.0 Å². The van der Waals surface area contributed by atoms with E-state index in [1.165, 1.54) is 12.4 Å². The zero-order valence-electron chi connectivity index (χ0n) is 8.76. The van der Waals surface area contributed by atoms with E-state index >= 15 is 0 Å². The molecular weight excluding hydrogens is 244 g/mol. The third-order valence-corrected chi connectivity index (χ3v) is 2.39. The first-order valence-corrected chi connectivity index (χ1v) is 4.91. The summed E-state index contributed by atoms with van der Waals surface area (Å²) in [5.41, 5.74) is -0.0182. The summed E-state index contributed by atoms with van der Waals surface area (Å²) in [4.78, 5) is 17.6. The van der Waals surface area contributed by atoms with Crippen LogP contribution in [0.5, 0.6) is 0 Å². The first-order valence-electron chi connectivity index (χ1n) is 4.91. The molecule has 8 heteroatoms. The second-order valence-corrected chi connectivity index (χ2v) is 3.50. The molecule has 90 valence electrons. The highest BCUT2D eigenvalue weighted by Gasteiger charge is 2.12. The number of aromatic amines is 1. The fourth-order valence-corrected chi connectivity index (χ4v) is 1.55. The summed E-state index contributed by atoms with van der Waals surface area (Å²) in [6.45, 7) is 0. The zero-order chi connectivity index (χ0) is 12.7. The number of rotatable bonds is 1. The molecule has 0 bridgehead atoms. The largest absolute Gasteiger partial charge is 0.311 e. The lowest BCUT2D eigenvalue weighted by atomic mass is 10.3. The van der Waals surface area contributed by atoms with Gasteiger partial charge < -0.3 is 4.98 Å². The van der Waals surface area contributed by atoms with Crippen molar-refractivity contribution in [2.75, 3.05) is 0 Å². The van der Waals surface area contributed by atoms with Gasteiger partial charge in [0, 0.05) is 6.07 Å². The Morgan fingerprint density at radius 2 is 2.06 bits per heavy atom. The molecule has 0 saturated carbocycles. The lowest BCUT2D eigenvalue weighted by Gasteiger charge is -2.01. The van der Waals surface area contributed by atoms with Gasteiger partial charge in [-0.05, 0) is 12.1 Å². The molecule has 1 N–H and O–H groups in total. The summed E-state index contributed by atoms with van der Waals surface area (Å²) in [5.74, 6) is -1.98. The van der Waals surface area contributed by atoms with Crippen LogP contribution in [0.25, 0.3) is 16.9 Å². The molecule has 0 fully saturated rings. The molecule has 1 aromatic carbocycles. The van der Waals surface area contributed by atoms with Crippen molar-refractivity contribution < 1.29 is 8.78 Å². The van der Waals surface area contributed by atoms with E-state index in [1.807, 2.05) is 0 Å². The van der Waals surface area contributed by atoms with Crippen molar-refractivity contribution in [2.45, 2.75) is 0 Å². The summed E-state index contributed by atoms with van der Waals surface area (Å²) < 4.78 is 27.1. The van der Waals surface area contributed by atoms with Crippen LogP contribution in [0.1, 0.15) is 0 Å². The molecule has 0 saturated heterocycles. The zero-order valence-corrected chi connectivity index (χ0v) is 8.76. The van der Waals surface area contributed by atoms with Crippen LogP contribution in [-0.2, 0) is 0 Å². The van der Waals surface area contributed by atoms with Crippen LogP contribution < -0.4 is 5.56 Å². The molecule has 0 unspecified atom stereocenters. The molecule has 6 nitrogen and oxygen atoms in total. The minimum atomic E-state index is -1.01. The molecule has 2 heterocycles.